The van der Waals surface area contributed by atoms with Crippen molar-refractivity contribution >= 4 is 17.5 Å². The highest BCUT2D eigenvalue weighted by atomic mass is 35.5. The summed E-state index contributed by atoms with van der Waals surface area (Å²) in [7, 11) is 0. The number of piperidine rings is 1. The number of rotatable bonds is 4. The molecule has 4 heteroatoms. The molecule has 0 aromatic heterocycles. The molecule has 3 nitrogen and oxygen atoms in total. The number of nitrogens with one attached hydrogen (secondary N) is 1. The fraction of sp³-hybridized carbons (Fsp3) is 0.562. The van der Waals surface area contributed by atoms with Crippen molar-refractivity contribution in [3.8, 4) is 0 Å². The quantitative estimate of drug-likeness (QED) is 0.925. The Morgan fingerprint density at radius 1 is 1.25 bits per heavy atom. The van der Waals surface area contributed by atoms with Crippen molar-refractivity contribution in [2.45, 2.75) is 38.3 Å². The second-order valence-corrected chi connectivity index (χ2v) is 6.42. The second-order valence-electron chi connectivity index (χ2n) is 5.98. The van der Waals surface area contributed by atoms with E-state index in [1.54, 1.807) is 0 Å². The van der Waals surface area contributed by atoms with Gasteiger partial charge in [0.15, 0.2) is 0 Å². The summed E-state index contributed by atoms with van der Waals surface area (Å²) in [5.74, 6) is 0.574. The molecule has 0 spiro atoms. The van der Waals surface area contributed by atoms with Crippen molar-refractivity contribution in [3.05, 3.63) is 34.9 Å². The number of hydrogen-bond acceptors (Lipinski definition) is 2. The van der Waals surface area contributed by atoms with Crippen molar-refractivity contribution in [3.63, 3.8) is 0 Å². The van der Waals surface area contributed by atoms with E-state index < -0.39 is 0 Å². The smallest absolute Gasteiger partial charge is 0.223 e. The number of amides is 1. The van der Waals surface area contributed by atoms with Crippen molar-refractivity contribution in [1.29, 1.82) is 0 Å². The summed E-state index contributed by atoms with van der Waals surface area (Å²) >= 11 is 5.91. The van der Waals surface area contributed by atoms with E-state index in [0.29, 0.717) is 12.0 Å². The molecular formula is C16H21ClN2O. The third-order valence-electron chi connectivity index (χ3n) is 4.12. The van der Waals surface area contributed by atoms with E-state index in [0.717, 1.165) is 50.3 Å². The molecule has 1 aromatic carbocycles. The first-order valence-electron chi connectivity index (χ1n) is 7.48. The van der Waals surface area contributed by atoms with Crippen LogP contribution >= 0.6 is 11.6 Å². The highest BCUT2D eigenvalue weighted by Gasteiger charge is 2.31. The molecule has 1 N–H and O–H groups in total. The lowest BCUT2D eigenvalue weighted by Gasteiger charge is -2.33. The first-order chi connectivity index (χ1) is 9.70. The number of carbonyl (C=O) groups is 1. The first kappa shape index (κ1) is 13.9. The fourth-order valence-corrected chi connectivity index (χ4v) is 2.96. The number of hydrogen-bond donors (Lipinski definition) is 1. The van der Waals surface area contributed by atoms with Crippen LogP contribution in [-0.2, 0) is 11.3 Å². The number of nitrogens with zero attached hydrogens (tertiary/aromatic N) is 1. The third-order valence-corrected chi connectivity index (χ3v) is 4.37. The van der Waals surface area contributed by atoms with Gasteiger partial charge in [-0.25, -0.2) is 0 Å². The van der Waals surface area contributed by atoms with Crippen molar-refractivity contribution in [2.24, 2.45) is 5.92 Å². The molecule has 1 amide bonds. The van der Waals surface area contributed by atoms with Crippen LogP contribution in [-0.4, -0.2) is 29.9 Å². The van der Waals surface area contributed by atoms with E-state index in [1.807, 2.05) is 12.1 Å². The van der Waals surface area contributed by atoms with E-state index in [4.69, 9.17) is 11.6 Å². The Morgan fingerprint density at radius 3 is 2.70 bits per heavy atom. The summed E-state index contributed by atoms with van der Waals surface area (Å²) in [5.41, 5.74) is 1.28. The molecule has 1 saturated heterocycles. The van der Waals surface area contributed by atoms with Crippen LogP contribution in [0.4, 0.5) is 0 Å². The average molecular weight is 293 g/mol. The van der Waals surface area contributed by atoms with E-state index in [1.165, 1.54) is 5.56 Å². The molecule has 1 aliphatic carbocycles. The molecular weight excluding hydrogens is 272 g/mol. The molecule has 1 aromatic rings. The van der Waals surface area contributed by atoms with Crippen LogP contribution in [0.1, 0.15) is 31.2 Å². The number of likely N-dealkylation sites (tertiary alicyclic amines) is 1. The molecule has 0 unspecified atom stereocenters. The van der Waals surface area contributed by atoms with E-state index in [-0.39, 0.29) is 5.91 Å². The van der Waals surface area contributed by atoms with E-state index in [2.05, 4.69) is 22.3 Å². The Kier molecular flexibility index (Phi) is 4.27. The normalized spacial score (nSPS) is 23.6. The Hall–Kier alpha value is -1.06. The predicted octanol–water partition coefficient (Wildman–Crippen LogP) is 2.83. The minimum Gasteiger partial charge on any atom is -0.352 e. The van der Waals surface area contributed by atoms with Gasteiger partial charge < -0.3 is 5.32 Å². The summed E-state index contributed by atoms with van der Waals surface area (Å²) < 4.78 is 0. The highest BCUT2D eigenvalue weighted by molar-refractivity contribution is 6.30. The monoisotopic (exact) mass is 292 g/mol. The third kappa shape index (κ3) is 3.74. The average Bonchev–Trinajstić information content (AvgIpc) is 3.26. The summed E-state index contributed by atoms with van der Waals surface area (Å²) in [5, 5.41) is 3.98. The maximum Gasteiger partial charge on any atom is 0.223 e. The Balaban J connectivity index is 1.52. The minimum atomic E-state index is 0.267. The zero-order chi connectivity index (χ0) is 13.9. The zero-order valence-electron chi connectivity index (χ0n) is 11.6. The summed E-state index contributed by atoms with van der Waals surface area (Å²) in [6.07, 6.45) is 4.42. The van der Waals surface area contributed by atoms with Crippen molar-refractivity contribution in [2.75, 3.05) is 13.1 Å². The van der Waals surface area contributed by atoms with Gasteiger partial charge >= 0.3 is 0 Å². The molecule has 2 aliphatic rings. The zero-order valence-corrected chi connectivity index (χ0v) is 12.4. The Bertz CT molecular complexity index is 470. The van der Waals surface area contributed by atoms with Crippen LogP contribution in [0.5, 0.6) is 0 Å². The van der Waals surface area contributed by atoms with Gasteiger partial charge in [-0.15, -0.1) is 0 Å². The topological polar surface area (TPSA) is 32.3 Å². The molecule has 20 heavy (non-hydrogen) atoms. The minimum absolute atomic E-state index is 0.267. The molecule has 2 fully saturated rings. The SMILES string of the molecule is O=C(N[C@H]1CCCN(Cc2ccc(Cl)cc2)C1)C1CC1. The molecule has 1 heterocycles. The fourth-order valence-electron chi connectivity index (χ4n) is 2.83. The molecule has 0 radical (unpaired) electrons. The van der Waals surface area contributed by atoms with Gasteiger partial charge in [0.2, 0.25) is 5.91 Å². The van der Waals surface area contributed by atoms with Gasteiger partial charge in [0.1, 0.15) is 0 Å². The molecule has 1 atom stereocenters. The van der Waals surface area contributed by atoms with Crippen LogP contribution in [0.15, 0.2) is 24.3 Å². The van der Waals surface area contributed by atoms with Crippen LogP contribution < -0.4 is 5.32 Å². The standard InChI is InChI=1S/C16H21ClN2O/c17-14-7-3-12(4-8-14)10-19-9-1-2-15(11-19)18-16(20)13-5-6-13/h3-4,7-8,13,15H,1-2,5-6,9-11H2,(H,18,20)/t15-/m0/s1. The molecule has 1 aliphatic heterocycles. The van der Waals surface area contributed by atoms with Crippen LogP contribution in [0.25, 0.3) is 0 Å². The predicted molar refractivity (Wildman–Crippen MR) is 80.6 cm³/mol. The summed E-state index contributed by atoms with van der Waals surface area (Å²) in [6, 6.07) is 8.35. The van der Waals surface area contributed by atoms with Crippen molar-refractivity contribution in [1.82, 2.24) is 10.2 Å². The van der Waals surface area contributed by atoms with Gasteiger partial charge in [0.25, 0.3) is 0 Å². The van der Waals surface area contributed by atoms with Crippen LogP contribution in [0.3, 0.4) is 0 Å². The van der Waals surface area contributed by atoms with Gasteiger partial charge in [-0.2, -0.15) is 0 Å². The maximum absolute atomic E-state index is 11.8. The van der Waals surface area contributed by atoms with Gasteiger partial charge in [-0.1, -0.05) is 23.7 Å². The van der Waals surface area contributed by atoms with Crippen LogP contribution in [0.2, 0.25) is 5.02 Å². The molecule has 3 rings (SSSR count). The number of carbonyl (C=O) groups excluding carboxylic acids is 1. The molecule has 108 valence electrons. The Morgan fingerprint density at radius 2 is 2.00 bits per heavy atom. The van der Waals surface area contributed by atoms with Gasteiger partial charge in [-0.05, 0) is 49.9 Å². The maximum atomic E-state index is 11.8. The summed E-state index contributed by atoms with van der Waals surface area (Å²) in [4.78, 5) is 14.3. The first-order valence-corrected chi connectivity index (χ1v) is 7.86. The van der Waals surface area contributed by atoms with E-state index in [9.17, 15) is 4.79 Å². The Labute approximate surface area is 125 Å². The molecule has 1 saturated carbocycles. The van der Waals surface area contributed by atoms with Crippen LogP contribution in [0, 0.1) is 5.92 Å². The lowest BCUT2D eigenvalue weighted by Crippen LogP contribution is -2.47. The van der Waals surface area contributed by atoms with Gasteiger partial charge in [0.05, 0.1) is 0 Å². The lowest BCUT2D eigenvalue weighted by atomic mass is 10.0. The van der Waals surface area contributed by atoms with E-state index >= 15 is 0 Å². The largest absolute Gasteiger partial charge is 0.352 e. The summed E-state index contributed by atoms with van der Waals surface area (Å²) in [6.45, 7) is 3.01. The van der Waals surface area contributed by atoms with Gasteiger partial charge in [0, 0.05) is 30.1 Å². The van der Waals surface area contributed by atoms with Crippen molar-refractivity contribution < 1.29 is 4.79 Å². The van der Waals surface area contributed by atoms with Gasteiger partial charge in [-0.3, -0.25) is 9.69 Å². The number of benzene rings is 1. The number of halogens is 1. The second kappa shape index (κ2) is 6.15. The molecule has 0 bridgehead atoms. The lowest BCUT2D eigenvalue weighted by molar-refractivity contribution is -0.123. The highest BCUT2D eigenvalue weighted by Crippen LogP contribution is 2.29.